The predicted molar refractivity (Wildman–Crippen MR) is 180 cm³/mol. The first-order valence-electron chi connectivity index (χ1n) is 16.6. The first kappa shape index (κ1) is 39.5. The van der Waals surface area contributed by atoms with Crippen LogP contribution in [0.2, 0.25) is 0 Å². The molecule has 1 aromatic carbocycles. The van der Waals surface area contributed by atoms with Crippen LogP contribution in [0, 0.1) is 17.8 Å². The highest BCUT2D eigenvalue weighted by Crippen LogP contribution is 2.39. The summed E-state index contributed by atoms with van der Waals surface area (Å²) in [5.41, 5.74) is -2.31. The van der Waals surface area contributed by atoms with Crippen molar-refractivity contribution in [1.82, 2.24) is 4.90 Å². The maximum Gasteiger partial charge on any atom is 0.338 e. The number of likely N-dealkylation sites (N-methyl/N-ethyl adjacent to an activating group) is 1. The van der Waals surface area contributed by atoms with Crippen LogP contribution in [0.25, 0.3) is 0 Å². The van der Waals surface area contributed by atoms with Crippen LogP contribution in [0.15, 0.2) is 54.6 Å². The molecule has 0 unspecified atom stereocenters. The number of nitrogens with zero attached hydrogens (tertiary/aromatic N) is 1. The van der Waals surface area contributed by atoms with Crippen LogP contribution in [0.5, 0.6) is 0 Å². The standard InChI is InChI=1S/C37H55NO10/c1-12-28-36(7,43)19-21(2)29(39)22(3)20-37(8,44-11)32(24(5)30(40)25(6)33(41)46-28)48-35-31(27(38(9)10)18-23(4)45-35)47-34(42)26-16-14-13-15-17-26/h12-17,19,22-25,27-28,30-32,35,40,43H,1,18,20H2,2-11H3/b21-19+/t22-,23-,24+,25-,27+,28-,30+,31-,32-,35+,36+,37-/m1/s1. The average molecular weight is 674 g/mol. The Balaban J connectivity index is 2.12. The van der Waals surface area contributed by atoms with Crippen molar-refractivity contribution in [2.24, 2.45) is 17.8 Å². The SMILES string of the molecule is C=C[C@H]1OC(=O)[C@H](C)[C@@H](O)[C@H](C)[C@@H](O[C@@H]2O[C@H](C)C[C@H](N(C)C)[C@H]2OC(=O)c2ccccc2)[C@](C)(OC)C[C@@H](C)C(=O)/C(C)=C/[C@]1(C)O. The van der Waals surface area contributed by atoms with Gasteiger partial charge in [-0.25, -0.2) is 4.79 Å². The molecule has 268 valence electrons. The number of hydrogen-bond donors (Lipinski definition) is 2. The van der Waals surface area contributed by atoms with Crippen LogP contribution >= 0.6 is 0 Å². The highest BCUT2D eigenvalue weighted by Gasteiger charge is 2.51. The maximum absolute atomic E-state index is 13.7. The number of ether oxygens (including phenoxy) is 5. The van der Waals surface area contributed by atoms with Crippen molar-refractivity contribution in [3.05, 3.63) is 60.2 Å². The quantitative estimate of drug-likeness (QED) is 0.319. The zero-order valence-corrected chi connectivity index (χ0v) is 30.0. The molecule has 2 N–H and O–H groups in total. The van der Waals surface area contributed by atoms with E-state index in [-0.39, 0.29) is 29.9 Å². The smallest absolute Gasteiger partial charge is 0.338 e. The van der Waals surface area contributed by atoms with E-state index in [0.29, 0.717) is 12.0 Å². The lowest BCUT2D eigenvalue weighted by molar-refractivity contribution is -0.300. The summed E-state index contributed by atoms with van der Waals surface area (Å²) >= 11 is 0. The molecule has 1 aromatic rings. The van der Waals surface area contributed by atoms with Crippen molar-refractivity contribution in [3.63, 3.8) is 0 Å². The zero-order chi connectivity index (χ0) is 36.1. The highest BCUT2D eigenvalue weighted by atomic mass is 16.7. The van der Waals surface area contributed by atoms with E-state index < -0.39 is 71.6 Å². The highest BCUT2D eigenvalue weighted by molar-refractivity contribution is 5.96. The second-order valence-corrected chi connectivity index (χ2v) is 14.1. The Morgan fingerprint density at radius 2 is 1.73 bits per heavy atom. The molecule has 0 amide bonds. The van der Waals surface area contributed by atoms with E-state index in [2.05, 4.69) is 6.58 Å². The molecule has 11 heteroatoms. The second-order valence-electron chi connectivity index (χ2n) is 14.1. The molecule has 2 heterocycles. The van der Waals surface area contributed by atoms with E-state index in [1.807, 2.05) is 32.0 Å². The first-order valence-corrected chi connectivity index (χ1v) is 16.6. The number of ketones is 1. The number of methoxy groups -OCH3 is 1. The van der Waals surface area contributed by atoms with Gasteiger partial charge in [-0.15, -0.1) is 0 Å². The van der Waals surface area contributed by atoms with Crippen LogP contribution in [-0.4, -0.2) is 108 Å². The van der Waals surface area contributed by atoms with Crippen LogP contribution in [-0.2, 0) is 33.3 Å². The van der Waals surface area contributed by atoms with Gasteiger partial charge in [-0.3, -0.25) is 9.59 Å². The molecule has 2 aliphatic heterocycles. The lowest BCUT2D eigenvalue weighted by Gasteiger charge is -2.48. The van der Waals surface area contributed by atoms with Gasteiger partial charge in [-0.2, -0.15) is 0 Å². The third-order valence-corrected chi connectivity index (χ3v) is 9.84. The second kappa shape index (κ2) is 16.2. The normalized spacial score (nSPS) is 39.9. The van der Waals surface area contributed by atoms with Gasteiger partial charge >= 0.3 is 11.9 Å². The minimum atomic E-state index is -1.74. The molecule has 0 saturated carbocycles. The molecule has 48 heavy (non-hydrogen) atoms. The number of Topliss-reactive ketones (excluding diaryl/α,β-unsaturated/α-hetero) is 1. The van der Waals surface area contributed by atoms with Gasteiger partial charge in [0, 0.05) is 18.9 Å². The number of esters is 2. The van der Waals surface area contributed by atoms with Gasteiger partial charge in [-0.05, 0) is 91.4 Å². The summed E-state index contributed by atoms with van der Waals surface area (Å²) in [7, 11) is 5.27. The Hall–Kier alpha value is -2.93. The fraction of sp³-hybridized carbons (Fsp3) is 0.649. The molecular formula is C37H55NO10. The Morgan fingerprint density at radius 3 is 2.29 bits per heavy atom. The average Bonchev–Trinajstić information content (AvgIpc) is 3.04. The van der Waals surface area contributed by atoms with Crippen LogP contribution in [0.4, 0.5) is 0 Å². The summed E-state index contributed by atoms with van der Waals surface area (Å²) in [6.45, 7) is 15.4. The summed E-state index contributed by atoms with van der Waals surface area (Å²) in [5.74, 6) is -4.05. The van der Waals surface area contributed by atoms with Gasteiger partial charge in [0.05, 0.1) is 41.4 Å². The molecule has 1 saturated heterocycles. The molecule has 11 nitrogen and oxygen atoms in total. The van der Waals surface area contributed by atoms with E-state index in [1.165, 1.54) is 33.1 Å². The largest absolute Gasteiger partial charge is 0.454 e. The molecule has 0 bridgehead atoms. The van der Waals surface area contributed by atoms with Crippen molar-refractivity contribution in [1.29, 1.82) is 0 Å². The Morgan fingerprint density at radius 1 is 1.10 bits per heavy atom. The lowest BCUT2D eigenvalue weighted by Crippen LogP contribution is -2.60. The van der Waals surface area contributed by atoms with E-state index in [0.717, 1.165) is 0 Å². The van der Waals surface area contributed by atoms with Gasteiger partial charge in [0.25, 0.3) is 0 Å². The van der Waals surface area contributed by atoms with E-state index in [1.54, 1.807) is 52.0 Å². The monoisotopic (exact) mass is 673 g/mol. The van der Waals surface area contributed by atoms with Gasteiger partial charge in [0.15, 0.2) is 24.3 Å². The van der Waals surface area contributed by atoms with Gasteiger partial charge in [0.2, 0.25) is 0 Å². The summed E-state index contributed by atoms with van der Waals surface area (Å²) in [5, 5.41) is 22.9. The van der Waals surface area contributed by atoms with Crippen LogP contribution < -0.4 is 0 Å². The molecule has 0 aliphatic carbocycles. The van der Waals surface area contributed by atoms with Gasteiger partial charge in [-0.1, -0.05) is 38.6 Å². The van der Waals surface area contributed by atoms with Gasteiger partial charge in [0.1, 0.15) is 5.60 Å². The minimum absolute atomic E-state index is 0.148. The lowest BCUT2D eigenvalue weighted by atomic mass is 9.76. The number of carbonyl (C=O) groups is 3. The molecular weight excluding hydrogens is 618 g/mol. The van der Waals surface area contributed by atoms with Crippen LogP contribution in [0.3, 0.4) is 0 Å². The van der Waals surface area contributed by atoms with Gasteiger partial charge < -0.3 is 38.8 Å². The topological polar surface area (TPSA) is 141 Å². The Kier molecular flexibility index (Phi) is 13.3. The molecule has 0 aromatic heterocycles. The molecule has 2 aliphatic rings. The molecule has 3 rings (SSSR count). The fourth-order valence-corrected chi connectivity index (χ4v) is 6.91. The summed E-state index contributed by atoms with van der Waals surface area (Å²) < 4.78 is 31.0. The fourth-order valence-electron chi connectivity index (χ4n) is 6.91. The summed E-state index contributed by atoms with van der Waals surface area (Å²) in [6, 6.07) is 8.35. The Labute approximate surface area is 285 Å². The van der Waals surface area contributed by atoms with Crippen molar-refractivity contribution < 1.29 is 48.3 Å². The number of benzene rings is 1. The molecule has 1 fully saturated rings. The number of aliphatic hydroxyl groups is 2. The zero-order valence-electron chi connectivity index (χ0n) is 30.0. The van der Waals surface area contributed by atoms with Crippen molar-refractivity contribution in [2.75, 3.05) is 21.2 Å². The predicted octanol–water partition coefficient (Wildman–Crippen LogP) is 4.10. The van der Waals surface area contributed by atoms with Crippen molar-refractivity contribution >= 4 is 17.7 Å². The minimum Gasteiger partial charge on any atom is -0.454 e. The molecule has 0 spiro atoms. The maximum atomic E-state index is 13.7. The number of rotatable bonds is 7. The Bertz CT molecular complexity index is 1310. The first-order chi connectivity index (χ1) is 22.4. The van der Waals surface area contributed by atoms with Crippen molar-refractivity contribution in [3.8, 4) is 0 Å². The third-order valence-electron chi connectivity index (χ3n) is 9.84. The number of allylic oxidation sites excluding steroid dienone is 1. The molecule has 0 radical (unpaired) electrons. The summed E-state index contributed by atoms with van der Waals surface area (Å²) in [4.78, 5) is 42.4. The number of hydrogen-bond acceptors (Lipinski definition) is 11. The van der Waals surface area contributed by atoms with E-state index in [4.69, 9.17) is 23.7 Å². The number of cyclic esters (lactones) is 1. The summed E-state index contributed by atoms with van der Waals surface area (Å²) in [6.07, 6.45) is -2.41. The number of carbonyl (C=O) groups excluding carboxylic acids is 3. The molecule has 12 atom stereocenters. The van der Waals surface area contributed by atoms with E-state index in [9.17, 15) is 24.6 Å². The van der Waals surface area contributed by atoms with Crippen LogP contribution in [0.1, 0.15) is 71.7 Å². The van der Waals surface area contributed by atoms with Crippen molar-refractivity contribution in [2.45, 2.75) is 115 Å². The number of aliphatic hydroxyl groups excluding tert-OH is 1. The van der Waals surface area contributed by atoms with E-state index >= 15 is 0 Å². The third kappa shape index (κ3) is 8.99.